The molecule has 0 bridgehead atoms. The highest BCUT2D eigenvalue weighted by Gasteiger charge is 2.34. The first-order valence-electron chi connectivity index (χ1n) is 5.59. The van der Waals surface area contributed by atoms with Crippen molar-refractivity contribution in [3.63, 3.8) is 0 Å². The third-order valence-corrected chi connectivity index (χ3v) is 3.40. The Morgan fingerprint density at radius 1 is 1.44 bits per heavy atom. The second-order valence-corrected chi connectivity index (χ2v) is 4.35. The average molecular weight is 246 g/mol. The van der Waals surface area contributed by atoms with Gasteiger partial charge in [0.25, 0.3) is 0 Å². The Kier molecular flexibility index (Phi) is 2.83. The Morgan fingerprint density at radius 3 is 2.67 bits per heavy atom. The van der Waals surface area contributed by atoms with Gasteiger partial charge >= 0.3 is 0 Å². The Balaban J connectivity index is 2.74. The SMILES string of the molecule is COc1nc(N)c2c(c1C#N)NC(=O)C(C)C2C. The molecule has 2 atom stereocenters. The van der Waals surface area contributed by atoms with Crippen molar-refractivity contribution in [2.45, 2.75) is 19.8 Å². The van der Waals surface area contributed by atoms with Crippen LogP contribution in [0.2, 0.25) is 0 Å². The number of amides is 1. The molecule has 0 aromatic carbocycles. The summed E-state index contributed by atoms with van der Waals surface area (Å²) in [5, 5.41) is 11.9. The van der Waals surface area contributed by atoms with Crippen LogP contribution >= 0.6 is 0 Å². The van der Waals surface area contributed by atoms with E-state index >= 15 is 0 Å². The van der Waals surface area contributed by atoms with Crippen molar-refractivity contribution in [1.82, 2.24) is 4.98 Å². The highest BCUT2D eigenvalue weighted by Crippen LogP contribution is 2.42. The van der Waals surface area contributed by atoms with E-state index in [2.05, 4.69) is 10.3 Å². The van der Waals surface area contributed by atoms with E-state index in [1.807, 2.05) is 19.9 Å². The number of carbonyl (C=O) groups is 1. The molecule has 6 heteroatoms. The van der Waals surface area contributed by atoms with Crippen molar-refractivity contribution >= 4 is 17.4 Å². The highest BCUT2D eigenvalue weighted by atomic mass is 16.5. The van der Waals surface area contributed by atoms with Crippen molar-refractivity contribution < 1.29 is 9.53 Å². The maximum Gasteiger partial charge on any atom is 0.235 e. The number of nitrogens with zero attached hydrogens (tertiary/aromatic N) is 2. The van der Waals surface area contributed by atoms with E-state index in [0.717, 1.165) is 0 Å². The van der Waals surface area contributed by atoms with Crippen LogP contribution < -0.4 is 15.8 Å². The van der Waals surface area contributed by atoms with Crippen molar-refractivity contribution in [2.24, 2.45) is 5.92 Å². The molecule has 1 aromatic rings. The van der Waals surface area contributed by atoms with E-state index in [1.54, 1.807) is 0 Å². The third-order valence-electron chi connectivity index (χ3n) is 3.40. The first kappa shape index (κ1) is 12.2. The van der Waals surface area contributed by atoms with Crippen LogP contribution in [-0.4, -0.2) is 18.0 Å². The van der Waals surface area contributed by atoms with Gasteiger partial charge in [-0.15, -0.1) is 0 Å². The van der Waals surface area contributed by atoms with Crippen LogP contribution in [0.4, 0.5) is 11.5 Å². The zero-order valence-corrected chi connectivity index (χ0v) is 10.4. The van der Waals surface area contributed by atoms with Gasteiger partial charge in [0.05, 0.1) is 12.8 Å². The summed E-state index contributed by atoms with van der Waals surface area (Å²) in [6, 6.07) is 2.00. The van der Waals surface area contributed by atoms with E-state index < -0.39 is 0 Å². The van der Waals surface area contributed by atoms with Crippen LogP contribution in [0.3, 0.4) is 0 Å². The van der Waals surface area contributed by atoms with Gasteiger partial charge in [-0.3, -0.25) is 4.79 Å². The summed E-state index contributed by atoms with van der Waals surface area (Å²) < 4.78 is 5.02. The number of hydrogen-bond acceptors (Lipinski definition) is 5. The minimum Gasteiger partial charge on any atom is -0.480 e. The fourth-order valence-electron chi connectivity index (χ4n) is 2.15. The number of hydrogen-bond donors (Lipinski definition) is 2. The predicted octanol–water partition coefficient (Wildman–Crippen LogP) is 1.24. The number of fused-ring (bicyclic) bond motifs is 1. The van der Waals surface area contributed by atoms with Gasteiger partial charge in [0.2, 0.25) is 11.8 Å². The summed E-state index contributed by atoms with van der Waals surface area (Å²) in [4.78, 5) is 15.9. The Bertz CT molecular complexity index is 562. The molecule has 94 valence electrons. The Labute approximate surface area is 105 Å². The summed E-state index contributed by atoms with van der Waals surface area (Å²) in [7, 11) is 1.41. The van der Waals surface area contributed by atoms with Crippen LogP contribution in [-0.2, 0) is 4.79 Å². The lowest BCUT2D eigenvalue weighted by Gasteiger charge is -2.30. The summed E-state index contributed by atoms with van der Waals surface area (Å²) in [5.41, 5.74) is 7.24. The minimum atomic E-state index is -0.207. The quantitative estimate of drug-likeness (QED) is 0.776. The number of pyridine rings is 1. The highest BCUT2D eigenvalue weighted by molar-refractivity contribution is 5.99. The van der Waals surface area contributed by atoms with Gasteiger partial charge in [-0.1, -0.05) is 13.8 Å². The fourth-order valence-corrected chi connectivity index (χ4v) is 2.15. The Morgan fingerprint density at radius 2 is 2.11 bits per heavy atom. The number of anilines is 2. The van der Waals surface area contributed by atoms with Crippen molar-refractivity contribution in [2.75, 3.05) is 18.2 Å². The number of nitriles is 1. The van der Waals surface area contributed by atoms with Gasteiger partial charge in [0.15, 0.2) is 0 Å². The molecule has 0 saturated heterocycles. The van der Waals surface area contributed by atoms with E-state index in [1.165, 1.54) is 7.11 Å². The fraction of sp³-hybridized carbons (Fsp3) is 0.417. The summed E-state index contributed by atoms with van der Waals surface area (Å²) in [6.45, 7) is 3.71. The number of nitrogens with two attached hydrogens (primary N) is 1. The van der Waals surface area contributed by atoms with Crippen LogP contribution in [0.15, 0.2) is 0 Å². The third kappa shape index (κ3) is 1.56. The van der Waals surface area contributed by atoms with Crippen LogP contribution in [0.5, 0.6) is 5.88 Å². The molecule has 1 amide bonds. The normalized spacial score (nSPS) is 21.8. The number of nitrogens with one attached hydrogen (secondary N) is 1. The molecule has 2 heterocycles. The van der Waals surface area contributed by atoms with E-state index in [0.29, 0.717) is 17.1 Å². The van der Waals surface area contributed by atoms with E-state index in [9.17, 15) is 10.1 Å². The number of rotatable bonds is 1. The number of ether oxygens (including phenoxy) is 1. The zero-order valence-electron chi connectivity index (χ0n) is 10.4. The van der Waals surface area contributed by atoms with E-state index in [4.69, 9.17) is 10.5 Å². The summed E-state index contributed by atoms with van der Waals surface area (Å²) >= 11 is 0. The van der Waals surface area contributed by atoms with Gasteiger partial charge in [-0.25, -0.2) is 0 Å². The molecule has 3 N–H and O–H groups in total. The van der Waals surface area contributed by atoms with E-state index in [-0.39, 0.29) is 29.2 Å². The molecular formula is C12H14N4O2. The van der Waals surface area contributed by atoms with Crippen molar-refractivity contribution in [3.05, 3.63) is 11.1 Å². The summed E-state index contributed by atoms with van der Waals surface area (Å²) in [5.74, 6) is 0.0101. The molecule has 1 aliphatic rings. The first-order chi connectivity index (χ1) is 8.51. The van der Waals surface area contributed by atoms with Crippen LogP contribution in [0.1, 0.15) is 30.9 Å². The lowest BCUT2D eigenvalue weighted by atomic mass is 9.83. The Hall–Kier alpha value is -2.29. The van der Waals surface area contributed by atoms with Gasteiger partial charge in [-0.2, -0.15) is 10.2 Å². The maximum atomic E-state index is 11.8. The van der Waals surface area contributed by atoms with Crippen molar-refractivity contribution in [1.29, 1.82) is 5.26 Å². The molecule has 2 unspecified atom stereocenters. The van der Waals surface area contributed by atoms with Gasteiger partial charge in [0, 0.05) is 11.5 Å². The van der Waals surface area contributed by atoms with Crippen LogP contribution in [0.25, 0.3) is 0 Å². The molecule has 0 spiro atoms. The monoisotopic (exact) mass is 246 g/mol. The molecule has 0 aliphatic carbocycles. The minimum absolute atomic E-state index is 0.0840. The lowest BCUT2D eigenvalue weighted by Crippen LogP contribution is -2.32. The smallest absolute Gasteiger partial charge is 0.235 e. The molecule has 1 aliphatic heterocycles. The first-order valence-corrected chi connectivity index (χ1v) is 5.59. The standard InChI is InChI=1S/C12H14N4O2/c1-5-6(2)11(17)15-9-7(4-13)12(18-3)16-10(14)8(5)9/h5-6H,1-3H3,(H2,14,16)(H,15,17). The lowest BCUT2D eigenvalue weighted by molar-refractivity contribution is -0.120. The van der Waals surface area contributed by atoms with Gasteiger partial charge in [0.1, 0.15) is 17.5 Å². The number of methoxy groups -OCH3 is 1. The maximum absolute atomic E-state index is 11.8. The average Bonchev–Trinajstić information content (AvgIpc) is 2.35. The topological polar surface area (TPSA) is 101 Å². The molecule has 2 rings (SSSR count). The second kappa shape index (κ2) is 4.18. The van der Waals surface area contributed by atoms with Crippen molar-refractivity contribution in [3.8, 4) is 11.9 Å². The zero-order chi connectivity index (χ0) is 13.4. The molecule has 0 fully saturated rings. The van der Waals surface area contributed by atoms with Gasteiger partial charge in [-0.05, 0) is 5.92 Å². The molecule has 6 nitrogen and oxygen atoms in total. The molecule has 1 aromatic heterocycles. The molecular weight excluding hydrogens is 232 g/mol. The number of nitrogen functional groups attached to an aromatic ring is 1. The largest absolute Gasteiger partial charge is 0.480 e. The summed E-state index contributed by atoms with van der Waals surface area (Å²) in [6.07, 6.45) is 0. The van der Waals surface area contributed by atoms with Gasteiger partial charge < -0.3 is 15.8 Å². The predicted molar refractivity (Wildman–Crippen MR) is 66.1 cm³/mol. The number of aromatic nitrogens is 1. The molecule has 0 saturated carbocycles. The molecule has 0 radical (unpaired) electrons. The second-order valence-electron chi connectivity index (χ2n) is 4.35. The van der Waals surface area contributed by atoms with Crippen LogP contribution in [0, 0.1) is 17.2 Å². The number of carbonyl (C=O) groups excluding carboxylic acids is 1. The molecule has 18 heavy (non-hydrogen) atoms.